The van der Waals surface area contributed by atoms with Gasteiger partial charge in [-0.1, -0.05) is 12.1 Å². The number of thiophene rings is 1. The molecule has 0 atom stereocenters. The van der Waals surface area contributed by atoms with Crippen LogP contribution >= 0.6 is 11.3 Å². The molecule has 0 amide bonds. The zero-order valence-electron chi connectivity index (χ0n) is 11.6. The van der Waals surface area contributed by atoms with Gasteiger partial charge in [0.15, 0.2) is 17.3 Å². The molecule has 0 saturated heterocycles. The van der Waals surface area contributed by atoms with Gasteiger partial charge in [-0.25, -0.2) is 0 Å². The van der Waals surface area contributed by atoms with Crippen molar-refractivity contribution in [3.8, 4) is 11.5 Å². The van der Waals surface area contributed by atoms with Crippen molar-refractivity contribution in [2.24, 2.45) is 0 Å². The second kappa shape index (κ2) is 5.92. The van der Waals surface area contributed by atoms with Crippen LogP contribution in [0, 0.1) is 13.8 Å². The van der Waals surface area contributed by atoms with E-state index >= 15 is 0 Å². The molecule has 0 aliphatic heterocycles. The Balaban J connectivity index is 2.21. The third kappa shape index (κ3) is 3.08. The zero-order chi connectivity index (χ0) is 14.7. The van der Waals surface area contributed by atoms with Crippen molar-refractivity contribution >= 4 is 23.2 Å². The number of phenolic OH excluding ortho intramolecular Hbond substituents is 1. The number of allylic oxidation sites excluding steroid dienone is 1. The minimum atomic E-state index is -0.0149. The van der Waals surface area contributed by atoms with E-state index in [0.717, 1.165) is 20.9 Å². The summed E-state index contributed by atoms with van der Waals surface area (Å²) in [6, 6.07) is 6.87. The van der Waals surface area contributed by atoms with Crippen LogP contribution in [0.3, 0.4) is 0 Å². The first-order valence-electron chi connectivity index (χ1n) is 6.17. The Kier molecular flexibility index (Phi) is 4.25. The SMILES string of the molecule is COc1cc(/C=C/C(=O)c2cc(C)sc2C)ccc1O. The van der Waals surface area contributed by atoms with Gasteiger partial charge in [0.1, 0.15) is 0 Å². The van der Waals surface area contributed by atoms with Crippen molar-refractivity contribution in [2.45, 2.75) is 13.8 Å². The van der Waals surface area contributed by atoms with Crippen LogP contribution in [0.2, 0.25) is 0 Å². The van der Waals surface area contributed by atoms with Gasteiger partial charge in [-0.2, -0.15) is 0 Å². The van der Waals surface area contributed by atoms with Gasteiger partial charge >= 0.3 is 0 Å². The fraction of sp³-hybridized carbons (Fsp3) is 0.188. The molecule has 4 heteroatoms. The Morgan fingerprint density at radius 3 is 2.65 bits per heavy atom. The minimum Gasteiger partial charge on any atom is -0.504 e. The number of ether oxygens (including phenoxy) is 1. The van der Waals surface area contributed by atoms with E-state index in [0.29, 0.717) is 5.75 Å². The third-order valence-corrected chi connectivity index (χ3v) is 3.90. The summed E-state index contributed by atoms with van der Waals surface area (Å²) in [5.41, 5.74) is 1.55. The summed E-state index contributed by atoms with van der Waals surface area (Å²) in [7, 11) is 1.49. The molecular weight excluding hydrogens is 272 g/mol. The number of hydrogen-bond acceptors (Lipinski definition) is 4. The highest BCUT2D eigenvalue weighted by atomic mass is 32.1. The van der Waals surface area contributed by atoms with Gasteiger partial charge in [0.2, 0.25) is 0 Å². The fourth-order valence-corrected chi connectivity index (χ4v) is 2.86. The van der Waals surface area contributed by atoms with Crippen LogP contribution < -0.4 is 4.74 Å². The van der Waals surface area contributed by atoms with Crippen molar-refractivity contribution in [1.82, 2.24) is 0 Å². The summed E-state index contributed by atoms with van der Waals surface area (Å²) >= 11 is 1.62. The molecular formula is C16H16O3S. The molecule has 104 valence electrons. The summed E-state index contributed by atoms with van der Waals surface area (Å²) in [5, 5.41) is 9.51. The number of aromatic hydroxyl groups is 1. The largest absolute Gasteiger partial charge is 0.504 e. The molecule has 2 aromatic rings. The summed E-state index contributed by atoms with van der Waals surface area (Å²) < 4.78 is 5.03. The predicted molar refractivity (Wildman–Crippen MR) is 81.8 cm³/mol. The number of carbonyl (C=O) groups is 1. The average molecular weight is 288 g/mol. The maximum absolute atomic E-state index is 12.1. The van der Waals surface area contributed by atoms with Crippen molar-refractivity contribution in [1.29, 1.82) is 0 Å². The lowest BCUT2D eigenvalue weighted by Crippen LogP contribution is -1.93. The highest BCUT2D eigenvalue weighted by Gasteiger charge is 2.09. The molecule has 0 spiro atoms. The number of hydrogen-bond donors (Lipinski definition) is 1. The molecule has 0 fully saturated rings. The van der Waals surface area contributed by atoms with E-state index in [2.05, 4.69) is 0 Å². The molecule has 0 aliphatic carbocycles. The highest BCUT2D eigenvalue weighted by Crippen LogP contribution is 2.27. The first-order valence-corrected chi connectivity index (χ1v) is 6.99. The molecule has 0 aliphatic rings. The standard InChI is InChI=1S/C16H16O3S/c1-10-8-13(11(2)20-10)14(17)6-4-12-5-7-15(18)16(9-12)19-3/h4-9,18H,1-3H3/b6-4+. The molecule has 0 bridgehead atoms. The van der Waals surface area contributed by atoms with Gasteiger partial charge in [-0.05, 0) is 43.7 Å². The highest BCUT2D eigenvalue weighted by molar-refractivity contribution is 7.12. The molecule has 0 saturated carbocycles. The summed E-state index contributed by atoms with van der Waals surface area (Å²) in [4.78, 5) is 14.3. The topological polar surface area (TPSA) is 46.5 Å². The second-order valence-corrected chi connectivity index (χ2v) is 5.92. The molecule has 20 heavy (non-hydrogen) atoms. The van der Waals surface area contributed by atoms with Crippen LogP contribution in [0.15, 0.2) is 30.3 Å². The van der Waals surface area contributed by atoms with Gasteiger partial charge in [0, 0.05) is 15.3 Å². The number of rotatable bonds is 4. The maximum Gasteiger partial charge on any atom is 0.186 e. The van der Waals surface area contributed by atoms with Crippen LogP contribution in [0.1, 0.15) is 25.7 Å². The van der Waals surface area contributed by atoms with Crippen molar-refractivity contribution in [3.05, 3.63) is 51.2 Å². The molecule has 0 unspecified atom stereocenters. The molecule has 3 nitrogen and oxygen atoms in total. The van der Waals surface area contributed by atoms with E-state index in [1.807, 2.05) is 19.9 Å². The normalized spacial score (nSPS) is 10.9. The molecule has 2 rings (SSSR count). The number of phenols is 1. The number of ketones is 1. The molecule has 1 N–H and O–H groups in total. The van der Waals surface area contributed by atoms with Crippen LogP contribution in [0.5, 0.6) is 11.5 Å². The van der Waals surface area contributed by atoms with E-state index in [9.17, 15) is 9.90 Å². The Morgan fingerprint density at radius 1 is 1.30 bits per heavy atom. The molecule has 1 aromatic carbocycles. The maximum atomic E-state index is 12.1. The van der Waals surface area contributed by atoms with Crippen molar-refractivity contribution in [2.75, 3.05) is 7.11 Å². The van der Waals surface area contributed by atoms with Crippen molar-refractivity contribution in [3.63, 3.8) is 0 Å². The lowest BCUT2D eigenvalue weighted by Gasteiger charge is -2.03. The van der Waals surface area contributed by atoms with E-state index in [1.165, 1.54) is 7.11 Å². The van der Waals surface area contributed by atoms with Crippen LogP contribution in [-0.2, 0) is 0 Å². The molecule has 1 heterocycles. The lowest BCUT2D eigenvalue weighted by molar-refractivity contribution is 0.104. The Labute approximate surface area is 122 Å². The summed E-state index contributed by atoms with van der Waals surface area (Å²) in [6.45, 7) is 3.94. The van der Waals surface area contributed by atoms with E-state index in [1.54, 1.807) is 41.7 Å². The van der Waals surface area contributed by atoms with Crippen molar-refractivity contribution < 1.29 is 14.6 Å². The van der Waals surface area contributed by atoms with Gasteiger partial charge in [0.25, 0.3) is 0 Å². The summed E-state index contributed by atoms with van der Waals surface area (Å²) in [6.07, 6.45) is 3.26. The van der Waals surface area contributed by atoms with Crippen LogP contribution in [0.4, 0.5) is 0 Å². The number of aryl methyl sites for hydroxylation is 2. The first kappa shape index (κ1) is 14.3. The molecule has 1 aromatic heterocycles. The summed E-state index contributed by atoms with van der Waals surface area (Å²) in [5.74, 6) is 0.460. The number of carbonyl (C=O) groups excluding carboxylic acids is 1. The lowest BCUT2D eigenvalue weighted by atomic mass is 10.1. The quantitative estimate of drug-likeness (QED) is 0.684. The Hall–Kier alpha value is -2.07. The van der Waals surface area contributed by atoms with Gasteiger partial charge < -0.3 is 9.84 Å². The number of benzene rings is 1. The smallest absolute Gasteiger partial charge is 0.186 e. The second-order valence-electron chi connectivity index (χ2n) is 4.46. The van der Waals surface area contributed by atoms with E-state index < -0.39 is 0 Å². The minimum absolute atomic E-state index is 0.0149. The average Bonchev–Trinajstić information content (AvgIpc) is 2.76. The van der Waals surface area contributed by atoms with Gasteiger partial charge in [0.05, 0.1) is 7.11 Å². The van der Waals surface area contributed by atoms with Crippen LogP contribution in [-0.4, -0.2) is 18.0 Å². The number of methoxy groups -OCH3 is 1. The van der Waals surface area contributed by atoms with E-state index in [4.69, 9.17) is 4.74 Å². The Bertz CT molecular complexity index is 668. The fourth-order valence-electron chi connectivity index (χ4n) is 1.94. The Morgan fingerprint density at radius 2 is 2.05 bits per heavy atom. The predicted octanol–water partition coefficient (Wildman–Crippen LogP) is 3.98. The first-order chi connectivity index (χ1) is 9.51. The zero-order valence-corrected chi connectivity index (χ0v) is 12.5. The van der Waals surface area contributed by atoms with E-state index in [-0.39, 0.29) is 11.5 Å². The molecule has 0 radical (unpaired) electrons. The van der Waals surface area contributed by atoms with Crippen LogP contribution in [0.25, 0.3) is 6.08 Å². The third-order valence-electron chi connectivity index (χ3n) is 2.94. The van der Waals surface area contributed by atoms with Gasteiger partial charge in [-0.15, -0.1) is 11.3 Å². The monoisotopic (exact) mass is 288 g/mol. The van der Waals surface area contributed by atoms with Gasteiger partial charge in [-0.3, -0.25) is 4.79 Å².